The number of piperidine rings is 1. The van der Waals surface area contributed by atoms with Crippen LogP contribution in [0.25, 0.3) is 0 Å². The predicted molar refractivity (Wildman–Crippen MR) is 49.0 cm³/mol. The maximum absolute atomic E-state index is 11.2. The Morgan fingerprint density at radius 2 is 1.85 bits per heavy atom. The molecule has 1 saturated heterocycles. The van der Waals surface area contributed by atoms with E-state index >= 15 is 0 Å². The number of amides is 2. The molecule has 4 nitrogen and oxygen atoms in total. The first-order chi connectivity index (χ1) is 6.15. The maximum Gasteiger partial charge on any atom is 0.222 e. The van der Waals surface area contributed by atoms with Gasteiger partial charge in [0.05, 0.1) is 0 Å². The molecule has 0 aliphatic carbocycles. The molecule has 1 aliphatic heterocycles. The second-order valence-electron chi connectivity index (χ2n) is 3.39. The molecule has 0 aromatic carbocycles. The monoisotopic (exact) mass is 184 g/mol. The Morgan fingerprint density at radius 1 is 1.31 bits per heavy atom. The van der Waals surface area contributed by atoms with Gasteiger partial charge in [-0.1, -0.05) is 0 Å². The zero-order valence-electron chi connectivity index (χ0n) is 8.17. The lowest BCUT2D eigenvalue weighted by atomic mass is 9.96. The normalized spacial score (nSPS) is 18.5. The van der Waals surface area contributed by atoms with Gasteiger partial charge in [-0.15, -0.1) is 0 Å². The molecule has 74 valence electrons. The number of nitrogens with one attached hydrogen (secondary N) is 1. The summed E-state index contributed by atoms with van der Waals surface area (Å²) in [6, 6.07) is 0. The van der Waals surface area contributed by atoms with E-state index in [1.807, 2.05) is 0 Å². The van der Waals surface area contributed by atoms with Gasteiger partial charge in [0.1, 0.15) is 0 Å². The van der Waals surface area contributed by atoms with Crippen LogP contribution in [0.4, 0.5) is 0 Å². The number of likely N-dealkylation sites (tertiary alicyclic amines) is 1. The molecule has 0 radical (unpaired) electrons. The van der Waals surface area contributed by atoms with Gasteiger partial charge in [-0.3, -0.25) is 9.59 Å². The number of hydrogen-bond acceptors (Lipinski definition) is 2. The van der Waals surface area contributed by atoms with E-state index in [0.29, 0.717) is 13.1 Å². The number of carbonyl (C=O) groups is 2. The van der Waals surface area contributed by atoms with E-state index < -0.39 is 0 Å². The SMILES string of the molecule is CNC(=O)C1CCN(C(C)=O)CC1. The smallest absolute Gasteiger partial charge is 0.222 e. The maximum atomic E-state index is 11.2. The molecular formula is C9H16N2O2. The van der Waals surface area contributed by atoms with Gasteiger partial charge in [-0.05, 0) is 12.8 Å². The van der Waals surface area contributed by atoms with Crippen LogP contribution < -0.4 is 5.32 Å². The van der Waals surface area contributed by atoms with Crippen molar-refractivity contribution < 1.29 is 9.59 Å². The Hall–Kier alpha value is -1.06. The van der Waals surface area contributed by atoms with Crippen LogP contribution >= 0.6 is 0 Å². The molecule has 1 aliphatic rings. The zero-order chi connectivity index (χ0) is 9.84. The summed E-state index contributed by atoms with van der Waals surface area (Å²) in [7, 11) is 1.65. The van der Waals surface area contributed by atoms with Crippen LogP contribution in [0.3, 0.4) is 0 Å². The van der Waals surface area contributed by atoms with E-state index in [1.54, 1.807) is 18.9 Å². The summed E-state index contributed by atoms with van der Waals surface area (Å²) in [4.78, 5) is 24.0. The van der Waals surface area contributed by atoms with Crippen molar-refractivity contribution >= 4 is 11.8 Å². The van der Waals surface area contributed by atoms with Gasteiger partial charge >= 0.3 is 0 Å². The number of carbonyl (C=O) groups excluding carboxylic acids is 2. The zero-order valence-corrected chi connectivity index (χ0v) is 8.17. The quantitative estimate of drug-likeness (QED) is 0.623. The Bertz CT molecular complexity index is 208. The van der Waals surface area contributed by atoms with Crippen molar-refractivity contribution in [2.45, 2.75) is 19.8 Å². The second kappa shape index (κ2) is 4.25. The molecular weight excluding hydrogens is 168 g/mol. The van der Waals surface area contributed by atoms with E-state index in [4.69, 9.17) is 0 Å². The van der Waals surface area contributed by atoms with Crippen LogP contribution in [0.5, 0.6) is 0 Å². The lowest BCUT2D eigenvalue weighted by molar-refractivity contribution is -0.133. The highest BCUT2D eigenvalue weighted by atomic mass is 16.2. The third kappa shape index (κ3) is 2.44. The molecule has 0 atom stereocenters. The highest BCUT2D eigenvalue weighted by Crippen LogP contribution is 2.16. The fourth-order valence-corrected chi connectivity index (χ4v) is 1.66. The Labute approximate surface area is 78.3 Å². The van der Waals surface area contributed by atoms with Crippen molar-refractivity contribution in [3.05, 3.63) is 0 Å². The van der Waals surface area contributed by atoms with Crippen LogP contribution in [-0.4, -0.2) is 36.9 Å². The summed E-state index contributed by atoms with van der Waals surface area (Å²) in [6.07, 6.45) is 1.58. The number of nitrogens with zero attached hydrogens (tertiary/aromatic N) is 1. The summed E-state index contributed by atoms with van der Waals surface area (Å²) in [5.74, 6) is 0.305. The highest BCUT2D eigenvalue weighted by molar-refractivity contribution is 5.79. The molecule has 1 heterocycles. The Balaban J connectivity index is 2.39. The minimum Gasteiger partial charge on any atom is -0.359 e. The molecule has 0 aromatic rings. The van der Waals surface area contributed by atoms with E-state index in [9.17, 15) is 9.59 Å². The van der Waals surface area contributed by atoms with Gasteiger partial charge in [0, 0.05) is 33.0 Å². The molecule has 1 fully saturated rings. The van der Waals surface area contributed by atoms with E-state index in [1.165, 1.54) is 0 Å². The van der Waals surface area contributed by atoms with E-state index in [-0.39, 0.29) is 17.7 Å². The molecule has 0 spiro atoms. The second-order valence-corrected chi connectivity index (χ2v) is 3.39. The topological polar surface area (TPSA) is 49.4 Å². The van der Waals surface area contributed by atoms with Crippen LogP contribution in [0.2, 0.25) is 0 Å². The Morgan fingerprint density at radius 3 is 2.23 bits per heavy atom. The van der Waals surface area contributed by atoms with Gasteiger partial charge in [0.2, 0.25) is 11.8 Å². The molecule has 0 unspecified atom stereocenters. The minimum atomic E-state index is 0.0978. The van der Waals surface area contributed by atoms with Crippen LogP contribution in [-0.2, 0) is 9.59 Å². The summed E-state index contributed by atoms with van der Waals surface area (Å²) >= 11 is 0. The first-order valence-electron chi connectivity index (χ1n) is 4.62. The fourth-order valence-electron chi connectivity index (χ4n) is 1.66. The predicted octanol–water partition coefficient (Wildman–Crippen LogP) is -0.00910. The van der Waals surface area contributed by atoms with Crippen molar-refractivity contribution in [2.75, 3.05) is 20.1 Å². The van der Waals surface area contributed by atoms with Gasteiger partial charge < -0.3 is 10.2 Å². The van der Waals surface area contributed by atoms with Gasteiger partial charge in [-0.2, -0.15) is 0 Å². The molecule has 1 N–H and O–H groups in total. The van der Waals surface area contributed by atoms with Crippen LogP contribution in [0.15, 0.2) is 0 Å². The molecule has 0 aromatic heterocycles. The van der Waals surface area contributed by atoms with Gasteiger partial charge in [0.25, 0.3) is 0 Å². The first-order valence-corrected chi connectivity index (χ1v) is 4.62. The fraction of sp³-hybridized carbons (Fsp3) is 0.778. The van der Waals surface area contributed by atoms with Crippen molar-refractivity contribution in [1.29, 1.82) is 0 Å². The molecule has 2 amide bonds. The van der Waals surface area contributed by atoms with Crippen molar-refractivity contribution in [2.24, 2.45) is 5.92 Å². The van der Waals surface area contributed by atoms with E-state index in [0.717, 1.165) is 12.8 Å². The van der Waals surface area contributed by atoms with Crippen molar-refractivity contribution in [3.8, 4) is 0 Å². The highest BCUT2D eigenvalue weighted by Gasteiger charge is 2.24. The molecule has 4 heteroatoms. The van der Waals surface area contributed by atoms with Gasteiger partial charge in [0.15, 0.2) is 0 Å². The molecule has 1 rings (SSSR count). The molecule has 0 saturated carbocycles. The molecule has 0 bridgehead atoms. The van der Waals surface area contributed by atoms with Crippen LogP contribution in [0.1, 0.15) is 19.8 Å². The lowest BCUT2D eigenvalue weighted by Gasteiger charge is -2.30. The number of rotatable bonds is 1. The van der Waals surface area contributed by atoms with Crippen LogP contribution in [0, 0.1) is 5.92 Å². The minimum absolute atomic E-state index is 0.0978. The summed E-state index contributed by atoms with van der Waals surface area (Å²) in [5.41, 5.74) is 0. The average Bonchev–Trinajstić information content (AvgIpc) is 2.17. The standard InChI is InChI=1S/C9H16N2O2/c1-7(12)11-5-3-8(4-6-11)9(13)10-2/h8H,3-6H2,1-2H3,(H,10,13). The lowest BCUT2D eigenvalue weighted by Crippen LogP contribution is -2.41. The largest absolute Gasteiger partial charge is 0.359 e. The van der Waals surface area contributed by atoms with E-state index in [2.05, 4.69) is 5.32 Å². The van der Waals surface area contributed by atoms with Gasteiger partial charge in [-0.25, -0.2) is 0 Å². The summed E-state index contributed by atoms with van der Waals surface area (Å²) in [6.45, 7) is 3.00. The van der Waals surface area contributed by atoms with Crippen molar-refractivity contribution in [3.63, 3.8) is 0 Å². The van der Waals surface area contributed by atoms with Crippen molar-refractivity contribution in [1.82, 2.24) is 10.2 Å². The third-order valence-electron chi connectivity index (χ3n) is 2.56. The summed E-state index contributed by atoms with van der Waals surface area (Å²) in [5, 5.41) is 2.64. The Kier molecular flexibility index (Phi) is 3.28. The molecule has 13 heavy (non-hydrogen) atoms. The third-order valence-corrected chi connectivity index (χ3v) is 2.56. The average molecular weight is 184 g/mol. The number of hydrogen-bond donors (Lipinski definition) is 1. The summed E-state index contributed by atoms with van der Waals surface area (Å²) < 4.78 is 0. The first kappa shape index (κ1) is 10.0.